The molecule has 0 spiro atoms. The molecule has 0 aliphatic heterocycles. The lowest BCUT2D eigenvalue weighted by molar-refractivity contribution is -0.00518. The summed E-state index contributed by atoms with van der Waals surface area (Å²) in [5.74, 6) is 2.81. The van der Waals surface area contributed by atoms with Crippen molar-refractivity contribution in [2.75, 3.05) is 4.90 Å². The largest absolute Gasteiger partial charge is 0.309 e. The number of hydrogen-bond donors (Lipinski definition) is 0. The van der Waals surface area contributed by atoms with Crippen molar-refractivity contribution >= 4 is 59.3 Å². The maximum atomic E-state index is 2.52. The molecule has 0 atom stereocenters. The van der Waals surface area contributed by atoms with Crippen molar-refractivity contribution in [1.29, 1.82) is 0 Å². The van der Waals surface area contributed by atoms with Crippen LogP contribution in [0.25, 0.3) is 53.2 Å². The van der Waals surface area contributed by atoms with Gasteiger partial charge in [-0.15, -0.1) is 11.3 Å². The molecule has 7 aromatic carbocycles. The molecule has 0 saturated heterocycles. The highest BCUT2D eigenvalue weighted by atomic mass is 32.1. The molecule has 1 aromatic heterocycles. The van der Waals surface area contributed by atoms with E-state index in [2.05, 4.69) is 163 Å². The van der Waals surface area contributed by atoms with Crippen LogP contribution in [0.15, 0.2) is 158 Å². The van der Waals surface area contributed by atoms with E-state index < -0.39 is 0 Å². The summed E-state index contributed by atoms with van der Waals surface area (Å²) in [6.45, 7) is 0. The molecule has 0 N–H and O–H groups in total. The summed E-state index contributed by atoms with van der Waals surface area (Å²) in [6.07, 6.45) is 8.60. The van der Waals surface area contributed by atoms with Gasteiger partial charge in [-0.3, -0.25) is 0 Å². The van der Waals surface area contributed by atoms with Crippen molar-refractivity contribution in [2.24, 2.45) is 17.8 Å². The number of nitrogens with zero attached hydrogens (tertiary/aromatic N) is 1. The van der Waals surface area contributed by atoms with E-state index >= 15 is 0 Å². The monoisotopic (exact) mass is 687 g/mol. The minimum Gasteiger partial charge on any atom is -0.309 e. The maximum Gasteiger partial charge on any atom is 0.0640 e. The van der Waals surface area contributed by atoms with E-state index in [-0.39, 0.29) is 0 Å². The molecule has 252 valence electrons. The molecule has 1 heterocycles. The number of rotatable bonds is 6. The zero-order valence-corrected chi connectivity index (χ0v) is 30.2. The van der Waals surface area contributed by atoms with Crippen LogP contribution in [0.5, 0.6) is 0 Å². The summed E-state index contributed by atoms with van der Waals surface area (Å²) in [4.78, 5) is 2.52. The van der Waals surface area contributed by atoms with Crippen LogP contribution in [0, 0.1) is 17.8 Å². The Morgan fingerprint density at radius 1 is 0.500 bits per heavy atom. The Balaban J connectivity index is 1.08. The van der Waals surface area contributed by atoms with Crippen molar-refractivity contribution in [3.8, 4) is 22.3 Å². The fourth-order valence-electron chi connectivity index (χ4n) is 11.0. The summed E-state index contributed by atoms with van der Waals surface area (Å²) in [5, 5.41) is 5.22. The third-order valence-corrected chi connectivity index (χ3v) is 14.0. The first-order valence-corrected chi connectivity index (χ1v) is 20.0. The van der Waals surface area contributed by atoms with Gasteiger partial charge >= 0.3 is 0 Å². The third kappa shape index (κ3) is 4.88. The van der Waals surface area contributed by atoms with Crippen LogP contribution in [0.4, 0.5) is 17.1 Å². The molecule has 0 amide bonds. The number of thiophene rings is 1. The zero-order chi connectivity index (χ0) is 34.2. The number of benzene rings is 7. The zero-order valence-electron chi connectivity index (χ0n) is 29.3. The molecule has 4 aliphatic carbocycles. The van der Waals surface area contributed by atoms with Crippen LogP contribution in [-0.4, -0.2) is 0 Å². The van der Waals surface area contributed by atoms with Crippen LogP contribution in [0.2, 0.25) is 0 Å². The second kappa shape index (κ2) is 11.9. The molecular formula is C50H41NS. The maximum absolute atomic E-state index is 2.52. The highest BCUT2D eigenvalue weighted by molar-refractivity contribution is 7.26. The summed E-state index contributed by atoms with van der Waals surface area (Å²) < 4.78 is 2.66. The smallest absolute Gasteiger partial charge is 0.0640 e. The molecule has 52 heavy (non-hydrogen) atoms. The minimum atomic E-state index is 0.383. The van der Waals surface area contributed by atoms with Gasteiger partial charge in [0, 0.05) is 26.8 Å². The first-order valence-electron chi connectivity index (χ1n) is 19.2. The van der Waals surface area contributed by atoms with E-state index in [4.69, 9.17) is 0 Å². The lowest BCUT2D eigenvalue weighted by Gasteiger charge is -2.57. The minimum absolute atomic E-state index is 0.383. The lowest BCUT2D eigenvalue weighted by Crippen LogP contribution is -2.48. The van der Waals surface area contributed by atoms with Gasteiger partial charge in [0.15, 0.2) is 0 Å². The summed E-state index contributed by atoms with van der Waals surface area (Å²) in [7, 11) is 0. The molecule has 12 rings (SSSR count). The van der Waals surface area contributed by atoms with E-state index in [1.807, 2.05) is 11.3 Å². The standard InChI is InChI=1S/C50H41NS/c1-2-10-36(11-3-1)42-17-7-12-37-13-8-18-43(48(37)42)38-14-6-15-41(29-38)51(46-20-9-19-45-44-16-4-5-21-47(44)52-49(45)46)40-24-22-39(23-25-40)50-30-33-26-34(31-50)28-35(27-33)32-50/h1-25,29,33-35H,26-28,30-32H2. The van der Waals surface area contributed by atoms with E-state index in [9.17, 15) is 0 Å². The molecule has 4 aliphatic rings. The Labute approximate surface area is 310 Å². The molecule has 8 aromatic rings. The lowest BCUT2D eigenvalue weighted by atomic mass is 9.48. The van der Waals surface area contributed by atoms with Gasteiger partial charge in [0.2, 0.25) is 0 Å². The van der Waals surface area contributed by atoms with Gasteiger partial charge in [0.1, 0.15) is 0 Å². The van der Waals surface area contributed by atoms with Crippen LogP contribution < -0.4 is 4.90 Å². The van der Waals surface area contributed by atoms with Gasteiger partial charge in [-0.05, 0) is 137 Å². The van der Waals surface area contributed by atoms with Crippen molar-refractivity contribution in [1.82, 2.24) is 0 Å². The fourth-order valence-corrected chi connectivity index (χ4v) is 12.2. The molecule has 1 nitrogen and oxygen atoms in total. The van der Waals surface area contributed by atoms with Crippen molar-refractivity contribution in [3.05, 3.63) is 163 Å². The van der Waals surface area contributed by atoms with Crippen LogP contribution >= 0.6 is 11.3 Å². The first kappa shape index (κ1) is 30.4. The Bertz CT molecular complexity index is 2570. The second-order valence-corrected chi connectivity index (χ2v) is 17.0. The number of anilines is 3. The number of fused-ring (bicyclic) bond motifs is 4. The molecule has 4 bridgehead atoms. The van der Waals surface area contributed by atoms with Crippen LogP contribution in [0.1, 0.15) is 44.1 Å². The predicted octanol–water partition coefficient (Wildman–Crippen LogP) is 14.5. The van der Waals surface area contributed by atoms with Crippen molar-refractivity contribution in [3.63, 3.8) is 0 Å². The SMILES string of the molecule is c1ccc(-c2cccc3cccc(-c4cccc(N(c5ccc(C67CC8CC(CC(C8)C6)C7)cc5)c5cccc6c5sc5ccccc56)c4)c23)cc1. The fraction of sp³-hybridized carbons (Fsp3) is 0.200. The summed E-state index contributed by atoms with van der Waals surface area (Å²) >= 11 is 1.91. The summed E-state index contributed by atoms with van der Waals surface area (Å²) in [6, 6.07) is 59.1. The van der Waals surface area contributed by atoms with E-state index in [0.29, 0.717) is 5.41 Å². The highest BCUT2D eigenvalue weighted by Gasteiger charge is 2.51. The molecule has 4 saturated carbocycles. The van der Waals surface area contributed by atoms with Gasteiger partial charge in [-0.25, -0.2) is 0 Å². The Kier molecular flexibility index (Phi) is 6.99. The Morgan fingerprint density at radius 3 is 1.87 bits per heavy atom. The quantitative estimate of drug-likeness (QED) is 0.168. The van der Waals surface area contributed by atoms with E-state index in [1.165, 1.54) is 109 Å². The van der Waals surface area contributed by atoms with Crippen LogP contribution in [-0.2, 0) is 5.41 Å². The van der Waals surface area contributed by atoms with E-state index in [0.717, 1.165) is 17.8 Å². The third-order valence-electron chi connectivity index (χ3n) is 12.8. The molecule has 4 fully saturated rings. The first-order chi connectivity index (χ1) is 25.7. The van der Waals surface area contributed by atoms with Gasteiger partial charge in [0.05, 0.1) is 10.4 Å². The van der Waals surface area contributed by atoms with Crippen molar-refractivity contribution < 1.29 is 0 Å². The normalized spacial score (nSPS) is 22.0. The van der Waals surface area contributed by atoms with E-state index in [1.54, 1.807) is 5.56 Å². The van der Waals surface area contributed by atoms with Gasteiger partial charge in [-0.2, -0.15) is 0 Å². The summed E-state index contributed by atoms with van der Waals surface area (Å²) in [5.41, 5.74) is 10.6. The molecular weight excluding hydrogens is 647 g/mol. The predicted molar refractivity (Wildman–Crippen MR) is 222 cm³/mol. The molecule has 0 radical (unpaired) electrons. The molecule has 0 unspecified atom stereocenters. The Morgan fingerprint density at radius 2 is 1.12 bits per heavy atom. The van der Waals surface area contributed by atoms with Gasteiger partial charge in [-0.1, -0.05) is 121 Å². The van der Waals surface area contributed by atoms with Crippen LogP contribution in [0.3, 0.4) is 0 Å². The molecule has 2 heteroatoms. The average molecular weight is 688 g/mol. The van der Waals surface area contributed by atoms with Gasteiger partial charge < -0.3 is 4.90 Å². The van der Waals surface area contributed by atoms with Gasteiger partial charge in [0.25, 0.3) is 0 Å². The topological polar surface area (TPSA) is 3.24 Å². The Hall–Kier alpha value is -5.18. The van der Waals surface area contributed by atoms with Crippen molar-refractivity contribution in [2.45, 2.75) is 43.9 Å². The average Bonchev–Trinajstić information content (AvgIpc) is 3.57. The number of hydrogen-bond acceptors (Lipinski definition) is 2. The second-order valence-electron chi connectivity index (χ2n) is 16.0. The highest BCUT2D eigenvalue weighted by Crippen LogP contribution is 2.61.